The van der Waals surface area contributed by atoms with Crippen LogP contribution >= 0.6 is 11.6 Å². The quantitative estimate of drug-likeness (QED) is 0.626. The van der Waals surface area contributed by atoms with Gasteiger partial charge in [-0.15, -0.1) is 0 Å². The Hall–Kier alpha value is -2.80. The van der Waals surface area contributed by atoms with Crippen LogP contribution in [-0.4, -0.2) is 18.1 Å². The molecule has 3 rings (SSSR count). The molecule has 0 fully saturated rings. The van der Waals surface area contributed by atoms with Crippen molar-refractivity contribution in [3.63, 3.8) is 0 Å². The second-order valence-corrected chi connectivity index (χ2v) is 6.62. The van der Waals surface area contributed by atoms with E-state index in [1.54, 1.807) is 13.1 Å². The maximum absolute atomic E-state index is 11.9. The number of hydrogen-bond donors (Lipinski definition) is 1. The average molecular weight is 362 g/mol. The fraction of sp³-hybridized carbons (Fsp3) is 0.235. The highest BCUT2D eigenvalue weighted by atomic mass is 35.5. The minimum Gasteiger partial charge on any atom is -0.438 e. The lowest BCUT2D eigenvalue weighted by Crippen LogP contribution is -2.41. The Morgan fingerprint density at radius 2 is 1.96 bits per heavy atom. The lowest BCUT2D eigenvalue weighted by Gasteiger charge is -2.37. The standard InChI is InChI=1S/C17H16ClN3O4/c1-17(2)12-8-10(4-7-15(12)20(3)16(22)25-17)19-14-6-5-11(21(23)24)9-13(14)18/h4-9,19H,1-3H3. The molecule has 0 bridgehead atoms. The molecule has 1 amide bonds. The van der Waals surface area contributed by atoms with Crippen molar-refractivity contribution >= 4 is 40.4 Å². The van der Waals surface area contributed by atoms with Gasteiger partial charge in [0.2, 0.25) is 0 Å². The van der Waals surface area contributed by atoms with Gasteiger partial charge in [0.25, 0.3) is 5.69 Å². The molecule has 2 aromatic carbocycles. The Balaban J connectivity index is 1.96. The van der Waals surface area contributed by atoms with Crippen molar-refractivity contribution in [1.29, 1.82) is 0 Å². The zero-order chi connectivity index (χ0) is 18.4. The molecule has 7 nitrogen and oxygen atoms in total. The Morgan fingerprint density at radius 3 is 2.60 bits per heavy atom. The highest BCUT2D eigenvalue weighted by Crippen LogP contribution is 2.40. The first-order valence-electron chi connectivity index (χ1n) is 7.51. The maximum Gasteiger partial charge on any atom is 0.414 e. The van der Waals surface area contributed by atoms with Gasteiger partial charge in [0, 0.05) is 30.4 Å². The monoisotopic (exact) mass is 361 g/mol. The smallest absolute Gasteiger partial charge is 0.414 e. The number of cyclic esters (lactones) is 1. The van der Waals surface area contributed by atoms with Gasteiger partial charge in [0.05, 0.1) is 21.3 Å². The molecular formula is C17H16ClN3O4. The number of carbonyl (C=O) groups is 1. The first-order chi connectivity index (χ1) is 11.7. The number of carbonyl (C=O) groups excluding carboxylic acids is 1. The van der Waals surface area contributed by atoms with Gasteiger partial charge in [-0.05, 0) is 38.1 Å². The first kappa shape index (κ1) is 17.0. The summed E-state index contributed by atoms with van der Waals surface area (Å²) >= 11 is 6.12. The molecule has 130 valence electrons. The fourth-order valence-corrected chi connectivity index (χ4v) is 2.93. The molecule has 8 heteroatoms. The summed E-state index contributed by atoms with van der Waals surface area (Å²) in [7, 11) is 1.65. The van der Waals surface area contributed by atoms with E-state index >= 15 is 0 Å². The molecule has 0 atom stereocenters. The molecule has 0 aliphatic carbocycles. The number of hydrogen-bond acceptors (Lipinski definition) is 5. The topological polar surface area (TPSA) is 84.7 Å². The number of rotatable bonds is 3. The minimum atomic E-state index is -0.768. The van der Waals surface area contributed by atoms with Gasteiger partial charge in [-0.25, -0.2) is 4.79 Å². The van der Waals surface area contributed by atoms with Crippen molar-refractivity contribution in [2.75, 3.05) is 17.3 Å². The van der Waals surface area contributed by atoms with Crippen LogP contribution in [0.1, 0.15) is 19.4 Å². The number of nitrogens with zero attached hydrogens (tertiary/aromatic N) is 2. The van der Waals surface area contributed by atoms with Crippen molar-refractivity contribution in [1.82, 2.24) is 0 Å². The zero-order valence-electron chi connectivity index (χ0n) is 13.9. The van der Waals surface area contributed by atoms with Crippen LogP contribution in [0.25, 0.3) is 0 Å². The highest BCUT2D eigenvalue weighted by Gasteiger charge is 2.36. The maximum atomic E-state index is 11.9. The van der Waals surface area contributed by atoms with Gasteiger partial charge >= 0.3 is 6.09 Å². The molecule has 0 saturated carbocycles. The van der Waals surface area contributed by atoms with Crippen LogP contribution < -0.4 is 10.2 Å². The van der Waals surface area contributed by atoms with E-state index in [2.05, 4.69) is 5.32 Å². The van der Waals surface area contributed by atoms with Gasteiger partial charge in [0.15, 0.2) is 0 Å². The van der Waals surface area contributed by atoms with Gasteiger partial charge < -0.3 is 10.1 Å². The number of amides is 1. The minimum absolute atomic E-state index is 0.0735. The largest absolute Gasteiger partial charge is 0.438 e. The third-order valence-electron chi connectivity index (χ3n) is 4.07. The summed E-state index contributed by atoms with van der Waals surface area (Å²) in [6.45, 7) is 3.64. The lowest BCUT2D eigenvalue weighted by atomic mass is 9.93. The summed E-state index contributed by atoms with van der Waals surface area (Å²) in [6.07, 6.45) is -0.406. The fourth-order valence-electron chi connectivity index (χ4n) is 2.70. The van der Waals surface area contributed by atoms with Crippen LogP contribution in [0.15, 0.2) is 36.4 Å². The molecule has 1 aliphatic rings. The summed E-state index contributed by atoms with van der Waals surface area (Å²) in [5.74, 6) is 0. The van der Waals surface area contributed by atoms with Crippen molar-refractivity contribution in [3.8, 4) is 0 Å². The van der Waals surface area contributed by atoms with Gasteiger partial charge in [-0.2, -0.15) is 0 Å². The van der Waals surface area contributed by atoms with E-state index in [9.17, 15) is 14.9 Å². The van der Waals surface area contributed by atoms with E-state index < -0.39 is 16.6 Å². The summed E-state index contributed by atoms with van der Waals surface area (Å²) in [5.41, 5.74) is 2.05. The number of benzene rings is 2. The van der Waals surface area contributed by atoms with Crippen LogP contribution in [0.4, 0.5) is 27.5 Å². The zero-order valence-corrected chi connectivity index (χ0v) is 14.6. The van der Waals surface area contributed by atoms with Gasteiger partial charge in [-0.1, -0.05) is 11.6 Å². The Bertz CT molecular complexity index is 882. The van der Waals surface area contributed by atoms with Crippen LogP contribution in [-0.2, 0) is 10.3 Å². The third-order valence-corrected chi connectivity index (χ3v) is 4.38. The average Bonchev–Trinajstić information content (AvgIpc) is 2.54. The molecule has 1 aliphatic heterocycles. The normalized spacial score (nSPS) is 15.4. The van der Waals surface area contributed by atoms with E-state index in [1.165, 1.54) is 17.0 Å². The number of ether oxygens (including phenoxy) is 1. The third kappa shape index (κ3) is 3.10. The lowest BCUT2D eigenvalue weighted by molar-refractivity contribution is -0.384. The number of nitro groups is 1. The number of halogens is 1. The molecule has 1 heterocycles. The van der Waals surface area contributed by atoms with E-state index in [0.29, 0.717) is 5.69 Å². The van der Waals surface area contributed by atoms with Crippen LogP contribution in [0.5, 0.6) is 0 Å². The van der Waals surface area contributed by atoms with E-state index in [0.717, 1.165) is 16.9 Å². The molecule has 0 aromatic heterocycles. The van der Waals surface area contributed by atoms with Crippen molar-refractivity contribution < 1.29 is 14.5 Å². The number of nitrogens with one attached hydrogen (secondary N) is 1. The van der Waals surface area contributed by atoms with Gasteiger partial charge in [0.1, 0.15) is 5.60 Å². The second kappa shape index (κ2) is 5.93. The van der Waals surface area contributed by atoms with Crippen molar-refractivity contribution in [3.05, 3.63) is 57.1 Å². The molecule has 0 radical (unpaired) electrons. The molecule has 0 unspecified atom stereocenters. The van der Waals surface area contributed by atoms with Gasteiger partial charge in [-0.3, -0.25) is 15.0 Å². The predicted octanol–water partition coefficient (Wildman–Crippen LogP) is 4.81. The van der Waals surface area contributed by atoms with E-state index in [4.69, 9.17) is 16.3 Å². The molecule has 25 heavy (non-hydrogen) atoms. The van der Waals surface area contributed by atoms with E-state index in [-0.39, 0.29) is 10.7 Å². The summed E-state index contributed by atoms with van der Waals surface area (Å²) in [4.78, 5) is 23.6. The number of anilines is 3. The van der Waals surface area contributed by atoms with Crippen molar-refractivity contribution in [2.24, 2.45) is 0 Å². The summed E-state index contributed by atoms with van der Waals surface area (Å²) < 4.78 is 5.44. The van der Waals surface area contributed by atoms with Crippen LogP contribution in [0, 0.1) is 10.1 Å². The predicted molar refractivity (Wildman–Crippen MR) is 95.7 cm³/mol. The Kier molecular flexibility index (Phi) is 4.04. The molecular weight excluding hydrogens is 346 g/mol. The number of nitro benzene ring substituents is 1. The molecule has 2 aromatic rings. The van der Waals surface area contributed by atoms with Crippen LogP contribution in [0.3, 0.4) is 0 Å². The number of non-ortho nitro benzene ring substituents is 1. The highest BCUT2D eigenvalue weighted by molar-refractivity contribution is 6.33. The van der Waals surface area contributed by atoms with Crippen molar-refractivity contribution in [2.45, 2.75) is 19.4 Å². The number of fused-ring (bicyclic) bond motifs is 1. The summed E-state index contributed by atoms with van der Waals surface area (Å²) in [5, 5.41) is 14.2. The van der Waals surface area contributed by atoms with Crippen LogP contribution in [0.2, 0.25) is 5.02 Å². The first-order valence-corrected chi connectivity index (χ1v) is 7.89. The summed E-state index contributed by atoms with van der Waals surface area (Å²) in [6, 6.07) is 9.72. The molecule has 0 saturated heterocycles. The molecule has 1 N–H and O–H groups in total. The Labute approximate surface area is 149 Å². The second-order valence-electron chi connectivity index (χ2n) is 6.22. The molecule has 0 spiro atoms. The SMILES string of the molecule is CN1C(=O)OC(C)(C)c2cc(Nc3ccc([N+](=O)[O-])cc3Cl)ccc21. The Morgan fingerprint density at radius 1 is 1.24 bits per heavy atom. The van der Waals surface area contributed by atoms with E-state index in [1.807, 2.05) is 32.0 Å².